The zero-order chi connectivity index (χ0) is 17.0. The molecule has 2 aromatic carbocycles. The number of ether oxygens (including phenoxy) is 1. The maximum atomic E-state index is 11.9. The van der Waals surface area contributed by atoms with Crippen LogP contribution in [0.4, 0.5) is 5.69 Å². The number of para-hydroxylation sites is 1. The molecule has 0 aliphatic rings. The predicted octanol–water partition coefficient (Wildman–Crippen LogP) is 3.11. The zero-order valence-electron chi connectivity index (χ0n) is 13.3. The first-order valence-corrected chi connectivity index (χ1v) is 7.21. The maximum Gasteiger partial charge on any atom is 0.338 e. The van der Waals surface area contributed by atoms with Gasteiger partial charge in [0.25, 0.3) is 5.91 Å². The summed E-state index contributed by atoms with van der Waals surface area (Å²) >= 11 is 0. The predicted molar refractivity (Wildman–Crippen MR) is 87.7 cm³/mol. The lowest BCUT2D eigenvalue weighted by Gasteiger charge is -2.11. The molecule has 0 aliphatic carbocycles. The Morgan fingerprint density at radius 1 is 1.04 bits per heavy atom. The van der Waals surface area contributed by atoms with Crippen LogP contribution in [0.3, 0.4) is 0 Å². The third-order valence-electron chi connectivity index (χ3n) is 3.52. The van der Waals surface area contributed by atoms with Crippen LogP contribution in [0.1, 0.15) is 27.0 Å². The highest BCUT2D eigenvalue weighted by Gasteiger charge is 2.13. The number of nitrogens with one attached hydrogen (secondary N) is 1. The lowest BCUT2D eigenvalue weighted by molar-refractivity contribution is -0.119. The van der Waals surface area contributed by atoms with E-state index >= 15 is 0 Å². The van der Waals surface area contributed by atoms with Gasteiger partial charge in [-0.3, -0.25) is 4.79 Å². The molecular weight excluding hydrogens is 294 g/mol. The minimum absolute atomic E-state index is 0.0134. The van der Waals surface area contributed by atoms with E-state index in [0.717, 1.165) is 16.8 Å². The Hall–Kier alpha value is -2.82. The van der Waals surface area contributed by atoms with Crippen LogP contribution in [0.5, 0.6) is 5.75 Å². The van der Waals surface area contributed by atoms with E-state index in [2.05, 4.69) is 5.32 Å². The monoisotopic (exact) mass is 313 g/mol. The Kier molecular flexibility index (Phi) is 5.01. The topological polar surface area (TPSA) is 75.6 Å². The Balaban J connectivity index is 1.96. The lowest BCUT2D eigenvalue weighted by Crippen LogP contribution is -2.21. The van der Waals surface area contributed by atoms with Gasteiger partial charge in [-0.2, -0.15) is 0 Å². The normalized spacial score (nSPS) is 10.2. The van der Waals surface area contributed by atoms with Crippen molar-refractivity contribution in [3.63, 3.8) is 0 Å². The van der Waals surface area contributed by atoms with Crippen LogP contribution < -0.4 is 5.32 Å². The van der Waals surface area contributed by atoms with Crippen LogP contribution in [0, 0.1) is 20.8 Å². The number of aromatic hydroxyl groups is 1. The van der Waals surface area contributed by atoms with Crippen LogP contribution in [0.2, 0.25) is 0 Å². The molecule has 0 aromatic heterocycles. The largest absolute Gasteiger partial charge is 0.508 e. The van der Waals surface area contributed by atoms with Crippen molar-refractivity contribution in [2.45, 2.75) is 20.8 Å². The van der Waals surface area contributed by atoms with Crippen molar-refractivity contribution in [2.75, 3.05) is 11.9 Å². The third kappa shape index (κ3) is 4.10. The van der Waals surface area contributed by atoms with Crippen LogP contribution in [-0.2, 0) is 9.53 Å². The molecule has 2 aromatic rings. The molecule has 2 N–H and O–H groups in total. The number of carbonyl (C=O) groups excluding carboxylic acids is 2. The molecule has 5 heteroatoms. The second kappa shape index (κ2) is 6.96. The summed E-state index contributed by atoms with van der Waals surface area (Å²) in [4.78, 5) is 23.8. The maximum absolute atomic E-state index is 11.9. The Morgan fingerprint density at radius 3 is 2.30 bits per heavy atom. The quantitative estimate of drug-likeness (QED) is 0.850. The highest BCUT2D eigenvalue weighted by atomic mass is 16.5. The number of aryl methyl sites for hydroxylation is 3. The molecule has 0 spiro atoms. The van der Waals surface area contributed by atoms with Gasteiger partial charge in [-0.1, -0.05) is 24.3 Å². The highest BCUT2D eigenvalue weighted by Crippen LogP contribution is 2.20. The molecule has 1 amide bonds. The standard InChI is InChI=1S/C18H19NO4/c1-11-7-8-14(9-15(11)20)18(22)23-10-16(21)19-17-12(2)5-4-6-13(17)3/h4-9,20H,10H2,1-3H3,(H,19,21). The fourth-order valence-electron chi connectivity index (χ4n) is 2.14. The molecule has 0 bridgehead atoms. The van der Waals surface area contributed by atoms with Crippen molar-refractivity contribution >= 4 is 17.6 Å². The Labute approximate surface area is 134 Å². The molecule has 0 heterocycles. The number of amides is 1. The van der Waals surface area contributed by atoms with E-state index < -0.39 is 11.9 Å². The molecule has 0 radical (unpaired) electrons. The third-order valence-corrected chi connectivity index (χ3v) is 3.52. The number of rotatable bonds is 4. The summed E-state index contributed by atoms with van der Waals surface area (Å²) in [7, 11) is 0. The molecular formula is C18H19NO4. The molecule has 0 unspecified atom stereocenters. The van der Waals surface area contributed by atoms with Crippen LogP contribution in [0.25, 0.3) is 0 Å². The Morgan fingerprint density at radius 2 is 1.70 bits per heavy atom. The van der Waals surface area contributed by atoms with Gasteiger partial charge in [0.15, 0.2) is 6.61 Å². The van der Waals surface area contributed by atoms with E-state index in [4.69, 9.17) is 4.74 Å². The first kappa shape index (κ1) is 16.5. The van der Waals surface area contributed by atoms with E-state index in [9.17, 15) is 14.7 Å². The average Bonchev–Trinajstić information content (AvgIpc) is 2.51. The second-order valence-corrected chi connectivity index (χ2v) is 5.39. The molecule has 0 saturated heterocycles. The van der Waals surface area contributed by atoms with E-state index in [1.165, 1.54) is 6.07 Å². The van der Waals surface area contributed by atoms with Gasteiger partial charge in [0, 0.05) is 5.69 Å². The molecule has 5 nitrogen and oxygen atoms in total. The van der Waals surface area contributed by atoms with Crippen molar-refractivity contribution in [1.82, 2.24) is 0 Å². The van der Waals surface area contributed by atoms with Crippen molar-refractivity contribution in [3.05, 3.63) is 58.7 Å². The number of benzene rings is 2. The molecule has 0 saturated carbocycles. The summed E-state index contributed by atoms with van der Waals surface area (Å²) in [6, 6.07) is 10.2. The first-order valence-electron chi connectivity index (χ1n) is 7.21. The van der Waals surface area contributed by atoms with Gasteiger partial charge in [-0.05, 0) is 49.6 Å². The molecule has 0 fully saturated rings. The summed E-state index contributed by atoms with van der Waals surface area (Å²) in [6.45, 7) is 5.12. The van der Waals surface area contributed by atoms with Crippen LogP contribution >= 0.6 is 0 Å². The van der Waals surface area contributed by atoms with Gasteiger partial charge >= 0.3 is 5.97 Å². The molecule has 2 rings (SSSR count). The van der Waals surface area contributed by atoms with Gasteiger partial charge in [0.2, 0.25) is 0 Å². The van der Waals surface area contributed by atoms with Crippen molar-refractivity contribution in [3.8, 4) is 5.75 Å². The second-order valence-electron chi connectivity index (χ2n) is 5.39. The lowest BCUT2D eigenvalue weighted by atomic mass is 10.1. The van der Waals surface area contributed by atoms with Gasteiger partial charge in [-0.25, -0.2) is 4.79 Å². The number of hydrogen-bond donors (Lipinski definition) is 2. The summed E-state index contributed by atoms with van der Waals surface area (Å²) in [5.41, 5.74) is 3.46. The van der Waals surface area contributed by atoms with Gasteiger partial charge in [0.1, 0.15) is 5.75 Å². The molecule has 0 atom stereocenters. The number of carbonyl (C=O) groups is 2. The van der Waals surface area contributed by atoms with Gasteiger partial charge in [-0.15, -0.1) is 0 Å². The number of hydrogen-bond acceptors (Lipinski definition) is 4. The fraction of sp³-hybridized carbons (Fsp3) is 0.222. The zero-order valence-corrected chi connectivity index (χ0v) is 13.3. The first-order chi connectivity index (χ1) is 10.9. The summed E-state index contributed by atoms with van der Waals surface area (Å²) in [5, 5.41) is 12.3. The van der Waals surface area contributed by atoms with Crippen LogP contribution in [-0.4, -0.2) is 23.6 Å². The van der Waals surface area contributed by atoms with E-state index in [-0.39, 0.29) is 17.9 Å². The van der Waals surface area contributed by atoms with Crippen molar-refractivity contribution in [1.29, 1.82) is 0 Å². The van der Waals surface area contributed by atoms with Crippen molar-refractivity contribution < 1.29 is 19.4 Å². The number of phenols is 1. The highest BCUT2D eigenvalue weighted by molar-refractivity contribution is 5.96. The van der Waals surface area contributed by atoms with E-state index in [1.54, 1.807) is 19.1 Å². The summed E-state index contributed by atoms with van der Waals surface area (Å²) < 4.78 is 4.97. The number of esters is 1. The molecule has 23 heavy (non-hydrogen) atoms. The minimum atomic E-state index is -0.656. The number of phenolic OH excluding ortho intramolecular Hbond substituents is 1. The van der Waals surface area contributed by atoms with Gasteiger partial charge < -0.3 is 15.2 Å². The van der Waals surface area contributed by atoms with Gasteiger partial charge in [0.05, 0.1) is 5.56 Å². The summed E-state index contributed by atoms with van der Waals surface area (Å²) in [6.07, 6.45) is 0. The fourth-order valence-corrected chi connectivity index (χ4v) is 2.14. The SMILES string of the molecule is Cc1ccc(C(=O)OCC(=O)Nc2c(C)cccc2C)cc1O. The Bertz CT molecular complexity index is 732. The average molecular weight is 313 g/mol. The van der Waals surface area contributed by atoms with Crippen LogP contribution in [0.15, 0.2) is 36.4 Å². The molecule has 0 aliphatic heterocycles. The van der Waals surface area contributed by atoms with E-state index in [0.29, 0.717) is 5.56 Å². The molecule has 120 valence electrons. The smallest absolute Gasteiger partial charge is 0.338 e. The minimum Gasteiger partial charge on any atom is -0.508 e. The van der Waals surface area contributed by atoms with Crippen molar-refractivity contribution in [2.24, 2.45) is 0 Å². The number of anilines is 1. The summed E-state index contributed by atoms with van der Waals surface area (Å²) in [5.74, 6) is -1.05. The van der Waals surface area contributed by atoms with E-state index in [1.807, 2.05) is 32.0 Å².